The molecule has 2 aromatic rings. The Balaban J connectivity index is 2.16. The number of pyridine rings is 2. The van der Waals surface area contributed by atoms with Crippen LogP contribution in [-0.2, 0) is 6.61 Å². The van der Waals surface area contributed by atoms with Crippen LogP contribution in [0.2, 0.25) is 0 Å². The number of hydrogen-bond donors (Lipinski definition) is 1. The van der Waals surface area contributed by atoms with Crippen molar-refractivity contribution in [1.82, 2.24) is 9.97 Å². The Labute approximate surface area is 121 Å². The number of nitrogens with zero attached hydrogens (tertiary/aromatic N) is 2. The van der Waals surface area contributed by atoms with E-state index in [0.717, 1.165) is 0 Å². The van der Waals surface area contributed by atoms with Gasteiger partial charge in [-0.15, -0.1) is 0 Å². The van der Waals surface area contributed by atoms with E-state index >= 15 is 0 Å². The summed E-state index contributed by atoms with van der Waals surface area (Å²) in [5.74, 6) is 0.289. The SMILES string of the molecule is COc1ccnc(COc2cncc(C(=O)O)c2)c1OC. The first-order valence-corrected chi connectivity index (χ1v) is 6.02. The predicted octanol–water partition coefficient (Wildman–Crippen LogP) is 1.77. The Hall–Kier alpha value is -2.83. The lowest BCUT2D eigenvalue weighted by Gasteiger charge is -2.12. The molecule has 0 bridgehead atoms. The predicted molar refractivity (Wildman–Crippen MR) is 72.9 cm³/mol. The van der Waals surface area contributed by atoms with Crippen LogP contribution in [0.25, 0.3) is 0 Å². The zero-order valence-electron chi connectivity index (χ0n) is 11.6. The van der Waals surface area contributed by atoms with Gasteiger partial charge in [0.25, 0.3) is 0 Å². The van der Waals surface area contributed by atoms with E-state index in [9.17, 15) is 4.79 Å². The summed E-state index contributed by atoms with van der Waals surface area (Å²) in [6.07, 6.45) is 4.25. The van der Waals surface area contributed by atoms with E-state index in [2.05, 4.69) is 9.97 Å². The van der Waals surface area contributed by atoms with E-state index in [1.807, 2.05) is 0 Å². The number of hydrogen-bond acceptors (Lipinski definition) is 6. The molecule has 2 rings (SSSR count). The topological polar surface area (TPSA) is 90.8 Å². The molecular formula is C14H14N2O5. The van der Waals surface area contributed by atoms with Crippen LogP contribution in [0.4, 0.5) is 0 Å². The highest BCUT2D eigenvalue weighted by molar-refractivity contribution is 5.87. The first kappa shape index (κ1) is 14.6. The molecule has 7 nitrogen and oxygen atoms in total. The van der Waals surface area contributed by atoms with E-state index in [1.165, 1.54) is 32.7 Å². The molecule has 0 aliphatic carbocycles. The molecular weight excluding hydrogens is 276 g/mol. The third-order valence-electron chi connectivity index (χ3n) is 2.70. The number of aromatic nitrogens is 2. The Morgan fingerprint density at radius 3 is 2.76 bits per heavy atom. The average molecular weight is 290 g/mol. The molecule has 0 saturated carbocycles. The molecule has 2 aromatic heterocycles. The Kier molecular flexibility index (Phi) is 4.55. The third kappa shape index (κ3) is 3.38. The number of methoxy groups -OCH3 is 2. The van der Waals surface area contributed by atoms with E-state index in [1.54, 1.807) is 12.3 Å². The molecule has 1 N–H and O–H groups in total. The summed E-state index contributed by atoms with van der Waals surface area (Å²) >= 11 is 0. The molecule has 2 heterocycles. The van der Waals surface area contributed by atoms with Gasteiger partial charge in [0.2, 0.25) is 0 Å². The minimum Gasteiger partial charge on any atom is -0.493 e. The van der Waals surface area contributed by atoms with Gasteiger partial charge >= 0.3 is 5.97 Å². The summed E-state index contributed by atoms with van der Waals surface area (Å²) in [6.45, 7) is 0.102. The van der Waals surface area contributed by atoms with Gasteiger partial charge in [-0.1, -0.05) is 0 Å². The van der Waals surface area contributed by atoms with Gasteiger partial charge in [-0.25, -0.2) is 4.79 Å². The van der Waals surface area contributed by atoms with Crippen LogP contribution in [0, 0.1) is 0 Å². The van der Waals surface area contributed by atoms with Crippen molar-refractivity contribution in [2.24, 2.45) is 0 Å². The van der Waals surface area contributed by atoms with Gasteiger partial charge in [-0.3, -0.25) is 9.97 Å². The molecule has 0 atom stereocenters. The van der Waals surface area contributed by atoms with Gasteiger partial charge in [-0.05, 0) is 6.07 Å². The Morgan fingerprint density at radius 1 is 1.29 bits per heavy atom. The van der Waals surface area contributed by atoms with E-state index in [4.69, 9.17) is 19.3 Å². The normalized spacial score (nSPS) is 10.0. The van der Waals surface area contributed by atoms with Crippen molar-refractivity contribution in [1.29, 1.82) is 0 Å². The van der Waals surface area contributed by atoms with Gasteiger partial charge in [-0.2, -0.15) is 0 Å². The van der Waals surface area contributed by atoms with Gasteiger partial charge in [0.05, 0.1) is 26.0 Å². The van der Waals surface area contributed by atoms with Crippen molar-refractivity contribution in [3.8, 4) is 17.2 Å². The minimum atomic E-state index is -1.06. The molecule has 0 aliphatic rings. The van der Waals surface area contributed by atoms with Crippen LogP contribution in [0.1, 0.15) is 16.1 Å². The van der Waals surface area contributed by atoms with Gasteiger partial charge in [0.15, 0.2) is 11.5 Å². The maximum Gasteiger partial charge on any atom is 0.337 e. The second-order valence-corrected chi connectivity index (χ2v) is 4.00. The summed E-state index contributed by atoms with van der Waals surface area (Å²) in [7, 11) is 3.04. The maximum absolute atomic E-state index is 10.9. The highest BCUT2D eigenvalue weighted by atomic mass is 16.5. The second kappa shape index (κ2) is 6.56. The van der Waals surface area contributed by atoms with Crippen LogP contribution in [0.5, 0.6) is 17.2 Å². The summed E-state index contributed by atoms with van der Waals surface area (Å²) in [5, 5.41) is 8.90. The fourth-order valence-electron chi connectivity index (χ4n) is 1.72. The molecule has 0 radical (unpaired) electrons. The number of aromatic carboxylic acids is 1. The molecule has 0 aromatic carbocycles. The summed E-state index contributed by atoms with van der Waals surface area (Å²) < 4.78 is 15.9. The van der Waals surface area contributed by atoms with E-state index < -0.39 is 5.97 Å². The van der Waals surface area contributed by atoms with Crippen molar-refractivity contribution < 1.29 is 24.1 Å². The lowest BCUT2D eigenvalue weighted by atomic mass is 10.3. The quantitative estimate of drug-likeness (QED) is 0.866. The summed E-state index contributed by atoms with van der Waals surface area (Å²) in [4.78, 5) is 18.8. The Bertz CT molecular complexity index is 645. The second-order valence-electron chi connectivity index (χ2n) is 4.00. The molecule has 7 heteroatoms. The minimum absolute atomic E-state index is 0.0538. The molecule has 0 fully saturated rings. The Morgan fingerprint density at radius 2 is 2.10 bits per heavy atom. The smallest absolute Gasteiger partial charge is 0.337 e. The number of carbonyl (C=O) groups is 1. The lowest BCUT2D eigenvalue weighted by Crippen LogP contribution is -2.04. The van der Waals surface area contributed by atoms with Gasteiger partial charge < -0.3 is 19.3 Å². The average Bonchev–Trinajstić information content (AvgIpc) is 2.52. The standard InChI is InChI=1S/C14H14N2O5/c1-19-12-3-4-16-11(13(12)20-2)8-21-10-5-9(14(17)18)6-15-7-10/h3-7H,8H2,1-2H3,(H,17,18). The van der Waals surface area contributed by atoms with Crippen molar-refractivity contribution in [2.75, 3.05) is 14.2 Å². The van der Waals surface area contributed by atoms with Crippen molar-refractivity contribution in [3.05, 3.63) is 42.0 Å². The highest BCUT2D eigenvalue weighted by Gasteiger charge is 2.12. The lowest BCUT2D eigenvalue weighted by molar-refractivity contribution is 0.0696. The zero-order chi connectivity index (χ0) is 15.2. The monoisotopic (exact) mass is 290 g/mol. The molecule has 0 amide bonds. The number of carboxylic acids is 1. The van der Waals surface area contributed by atoms with Gasteiger partial charge in [0.1, 0.15) is 18.1 Å². The third-order valence-corrected chi connectivity index (χ3v) is 2.70. The first-order valence-electron chi connectivity index (χ1n) is 6.02. The molecule has 0 aliphatic heterocycles. The first-order chi connectivity index (χ1) is 10.2. The van der Waals surface area contributed by atoms with Crippen LogP contribution >= 0.6 is 0 Å². The number of ether oxygens (including phenoxy) is 3. The van der Waals surface area contributed by atoms with Gasteiger partial charge in [0, 0.05) is 18.5 Å². The van der Waals surface area contributed by atoms with Crippen molar-refractivity contribution in [3.63, 3.8) is 0 Å². The summed E-state index contributed by atoms with van der Waals surface area (Å²) in [5.41, 5.74) is 0.593. The van der Waals surface area contributed by atoms with Crippen LogP contribution in [-0.4, -0.2) is 35.3 Å². The number of rotatable bonds is 6. The fraction of sp³-hybridized carbons (Fsp3) is 0.214. The van der Waals surface area contributed by atoms with Crippen molar-refractivity contribution in [2.45, 2.75) is 6.61 Å². The van der Waals surface area contributed by atoms with Crippen LogP contribution < -0.4 is 14.2 Å². The zero-order valence-corrected chi connectivity index (χ0v) is 11.6. The van der Waals surface area contributed by atoms with Crippen molar-refractivity contribution >= 4 is 5.97 Å². The summed E-state index contributed by atoms with van der Waals surface area (Å²) in [6, 6.07) is 3.07. The van der Waals surface area contributed by atoms with E-state index in [0.29, 0.717) is 22.9 Å². The van der Waals surface area contributed by atoms with Crippen LogP contribution in [0.3, 0.4) is 0 Å². The largest absolute Gasteiger partial charge is 0.493 e. The fourth-order valence-corrected chi connectivity index (χ4v) is 1.72. The highest BCUT2D eigenvalue weighted by Crippen LogP contribution is 2.29. The number of carboxylic acid groups (broad SMARTS) is 1. The van der Waals surface area contributed by atoms with Crippen LogP contribution in [0.15, 0.2) is 30.7 Å². The maximum atomic E-state index is 10.9. The molecule has 0 unspecified atom stereocenters. The molecule has 21 heavy (non-hydrogen) atoms. The molecule has 0 spiro atoms. The molecule has 110 valence electrons. The molecule has 0 saturated heterocycles. The van der Waals surface area contributed by atoms with E-state index in [-0.39, 0.29) is 12.2 Å².